The zero-order valence-electron chi connectivity index (χ0n) is 11.5. The lowest BCUT2D eigenvalue weighted by atomic mass is 10.0. The van der Waals surface area contributed by atoms with Crippen LogP contribution in [0.5, 0.6) is 0 Å². The van der Waals surface area contributed by atoms with E-state index in [0.717, 1.165) is 17.7 Å². The molecule has 0 aliphatic heterocycles. The summed E-state index contributed by atoms with van der Waals surface area (Å²) >= 11 is 0. The van der Waals surface area contributed by atoms with Crippen LogP contribution < -0.4 is 11.1 Å². The van der Waals surface area contributed by atoms with Gasteiger partial charge in [-0.2, -0.15) is 0 Å². The van der Waals surface area contributed by atoms with E-state index in [1.54, 1.807) is 13.2 Å². The Morgan fingerprint density at radius 2 is 2.11 bits per heavy atom. The lowest BCUT2D eigenvalue weighted by molar-refractivity contribution is -0.121. The highest BCUT2D eigenvalue weighted by atomic mass is 16.5. The number of aryl methyl sites for hydroxylation is 1. The maximum atomic E-state index is 11.8. The van der Waals surface area contributed by atoms with Crippen molar-refractivity contribution < 1.29 is 9.53 Å². The first-order valence-electron chi connectivity index (χ1n) is 6.11. The zero-order chi connectivity index (χ0) is 13.8. The van der Waals surface area contributed by atoms with Crippen molar-refractivity contribution in [3.8, 4) is 0 Å². The lowest BCUT2D eigenvalue weighted by Crippen LogP contribution is -2.29. The maximum Gasteiger partial charge on any atom is 0.227 e. The van der Waals surface area contributed by atoms with Crippen LogP contribution in [0.4, 0.5) is 11.4 Å². The molecule has 0 spiro atoms. The van der Waals surface area contributed by atoms with Gasteiger partial charge in [0.25, 0.3) is 0 Å². The first-order valence-corrected chi connectivity index (χ1v) is 6.11. The number of hydrogen-bond donors (Lipinski definition) is 2. The maximum absolute atomic E-state index is 11.8. The highest BCUT2D eigenvalue weighted by Crippen LogP contribution is 2.20. The summed E-state index contributed by atoms with van der Waals surface area (Å²) in [5.41, 5.74) is 7.95. The number of nitrogens with one attached hydrogen (secondary N) is 1. The van der Waals surface area contributed by atoms with Crippen LogP contribution in [0.1, 0.15) is 32.8 Å². The first kappa shape index (κ1) is 14.5. The van der Waals surface area contributed by atoms with E-state index in [2.05, 4.69) is 5.32 Å². The molecule has 0 bridgehead atoms. The molecule has 4 nitrogen and oxygen atoms in total. The number of anilines is 2. The van der Waals surface area contributed by atoms with Gasteiger partial charge < -0.3 is 15.8 Å². The second kappa shape index (κ2) is 5.87. The monoisotopic (exact) mass is 250 g/mol. The average molecular weight is 250 g/mol. The van der Waals surface area contributed by atoms with E-state index in [1.807, 2.05) is 32.9 Å². The summed E-state index contributed by atoms with van der Waals surface area (Å²) in [6.45, 7) is 5.80. The molecule has 0 radical (unpaired) electrons. The largest absolute Gasteiger partial charge is 0.398 e. The molecule has 0 saturated carbocycles. The molecule has 4 heteroatoms. The second-order valence-electron chi connectivity index (χ2n) is 4.96. The summed E-state index contributed by atoms with van der Waals surface area (Å²) in [7, 11) is 1.60. The van der Waals surface area contributed by atoms with Crippen molar-refractivity contribution in [2.75, 3.05) is 18.2 Å². The zero-order valence-corrected chi connectivity index (χ0v) is 11.5. The summed E-state index contributed by atoms with van der Waals surface area (Å²) in [6.07, 6.45) is 1.19. The Balaban J connectivity index is 2.68. The third-order valence-electron chi connectivity index (χ3n) is 2.95. The minimum atomic E-state index is -0.459. The fourth-order valence-electron chi connectivity index (χ4n) is 1.66. The van der Waals surface area contributed by atoms with E-state index in [1.165, 1.54) is 0 Å². The number of amides is 1. The SMILES string of the molecule is CCc1ccc(NC(=O)CC(C)(C)OC)cc1N. The molecular formula is C14H22N2O2. The second-order valence-corrected chi connectivity index (χ2v) is 4.96. The van der Waals surface area contributed by atoms with Crippen molar-refractivity contribution >= 4 is 17.3 Å². The molecule has 0 aliphatic carbocycles. The quantitative estimate of drug-likeness (QED) is 0.789. The molecule has 0 aromatic heterocycles. The van der Waals surface area contributed by atoms with Gasteiger partial charge in [0.15, 0.2) is 0 Å². The Hall–Kier alpha value is -1.55. The number of ether oxygens (including phenoxy) is 1. The van der Waals surface area contributed by atoms with E-state index in [4.69, 9.17) is 10.5 Å². The van der Waals surface area contributed by atoms with Crippen molar-refractivity contribution in [1.82, 2.24) is 0 Å². The van der Waals surface area contributed by atoms with Gasteiger partial charge in [-0.05, 0) is 38.0 Å². The van der Waals surface area contributed by atoms with Crippen LogP contribution in [0, 0.1) is 0 Å². The predicted octanol–water partition coefficient (Wildman–Crippen LogP) is 2.58. The summed E-state index contributed by atoms with van der Waals surface area (Å²) in [6, 6.07) is 5.59. The fourth-order valence-corrected chi connectivity index (χ4v) is 1.66. The van der Waals surface area contributed by atoms with Gasteiger partial charge in [0.1, 0.15) is 0 Å². The molecular weight excluding hydrogens is 228 g/mol. The Morgan fingerprint density at radius 3 is 2.61 bits per heavy atom. The lowest BCUT2D eigenvalue weighted by Gasteiger charge is -2.22. The van der Waals surface area contributed by atoms with Gasteiger partial charge in [-0.3, -0.25) is 4.79 Å². The van der Waals surface area contributed by atoms with Crippen LogP contribution in [0.3, 0.4) is 0 Å². The standard InChI is InChI=1S/C14H22N2O2/c1-5-10-6-7-11(8-12(10)15)16-13(17)9-14(2,3)18-4/h6-8H,5,9,15H2,1-4H3,(H,16,17). The highest BCUT2D eigenvalue weighted by Gasteiger charge is 2.21. The highest BCUT2D eigenvalue weighted by molar-refractivity contribution is 5.91. The Kier molecular flexibility index (Phi) is 4.73. The van der Waals surface area contributed by atoms with E-state index >= 15 is 0 Å². The van der Waals surface area contributed by atoms with Crippen LogP contribution in [0.25, 0.3) is 0 Å². The number of carbonyl (C=O) groups excluding carboxylic acids is 1. The van der Waals surface area contributed by atoms with Gasteiger partial charge in [0.2, 0.25) is 5.91 Å². The summed E-state index contributed by atoms with van der Waals surface area (Å²) < 4.78 is 5.22. The van der Waals surface area contributed by atoms with Gasteiger partial charge in [0.05, 0.1) is 12.0 Å². The van der Waals surface area contributed by atoms with Crippen LogP contribution >= 0.6 is 0 Å². The molecule has 1 aromatic carbocycles. The first-order chi connectivity index (χ1) is 8.38. The fraction of sp³-hybridized carbons (Fsp3) is 0.500. The van der Waals surface area contributed by atoms with Crippen molar-refractivity contribution in [3.63, 3.8) is 0 Å². The Labute approximate surface area is 109 Å². The number of methoxy groups -OCH3 is 1. The minimum Gasteiger partial charge on any atom is -0.398 e. The molecule has 0 atom stereocenters. The molecule has 0 unspecified atom stereocenters. The van der Waals surface area contributed by atoms with Crippen LogP contribution in [0.2, 0.25) is 0 Å². The molecule has 0 heterocycles. The number of nitrogen functional groups attached to an aromatic ring is 1. The summed E-state index contributed by atoms with van der Waals surface area (Å²) in [5.74, 6) is -0.0782. The number of hydrogen-bond acceptors (Lipinski definition) is 3. The smallest absolute Gasteiger partial charge is 0.227 e. The van der Waals surface area contributed by atoms with Crippen molar-refractivity contribution in [2.45, 2.75) is 39.2 Å². The molecule has 3 N–H and O–H groups in total. The van der Waals surface area contributed by atoms with E-state index in [-0.39, 0.29) is 5.91 Å². The Bertz CT molecular complexity index is 428. The molecule has 0 saturated heterocycles. The van der Waals surface area contributed by atoms with E-state index < -0.39 is 5.60 Å². The van der Waals surface area contributed by atoms with Gasteiger partial charge in [-0.1, -0.05) is 13.0 Å². The van der Waals surface area contributed by atoms with Crippen LogP contribution in [-0.2, 0) is 16.0 Å². The minimum absolute atomic E-state index is 0.0782. The topological polar surface area (TPSA) is 64.3 Å². The van der Waals surface area contributed by atoms with Gasteiger partial charge in [-0.15, -0.1) is 0 Å². The molecule has 100 valence electrons. The summed E-state index contributed by atoms with van der Waals surface area (Å²) in [5, 5.41) is 2.83. The number of benzene rings is 1. The van der Waals surface area contributed by atoms with Gasteiger partial charge in [0, 0.05) is 18.5 Å². The van der Waals surface area contributed by atoms with Gasteiger partial charge in [-0.25, -0.2) is 0 Å². The van der Waals surface area contributed by atoms with Crippen molar-refractivity contribution in [1.29, 1.82) is 0 Å². The van der Waals surface area contributed by atoms with Crippen LogP contribution in [-0.4, -0.2) is 18.6 Å². The summed E-state index contributed by atoms with van der Waals surface area (Å²) in [4.78, 5) is 11.8. The third-order valence-corrected chi connectivity index (χ3v) is 2.95. The number of rotatable bonds is 5. The predicted molar refractivity (Wildman–Crippen MR) is 74.6 cm³/mol. The molecule has 18 heavy (non-hydrogen) atoms. The molecule has 0 fully saturated rings. The number of carbonyl (C=O) groups is 1. The normalized spacial score (nSPS) is 11.3. The van der Waals surface area contributed by atoms with E-state index in [9.17, 15) is 4.79 Å². The molecule has 0 aliphatic rings. The van der Waals surface area contributed by atoms with Crippen molar-refractivity contribution in [2.24, 2.45) is 0 Å². The molecule has 1 amide bonds. The average Bonchev–Trinajstić information content (AvgIpc) is 2.28. The third kappa shape index (κ3) is 4.04. The molecule has 1 aromatic rings. The number of nitrogens with two attached hydrogens (primary N) is 1. The van der Waals surface area contributed by atoms with Crippen molar-refractivity contribution in [3.05, 3.63) is 23.8 Å². The van der Waals surface area contributed by atoms with Crippen LogP contribution in [0.15, 0.2) is 18.2 Å². The Morgan fingerprint density at radius 1 is 1.44 bits per heavy atom. The van der Waals surface area contributed by atoms with E-state index in [0.29, 0.717) is 12.1 Å². The molecule has 1 rings (SSSR count). The van der Waals surface area contributed by atoms with Gasteiger partial charge >= 0.3 is 0 Å².